The molecule has 1 atom stereocenters. The number of carbonyl (C=O) groups excluding carboxylic acids is 1. The van der Waals surface area contributed by atoms with E-state index in [1.165, 1.54) is 0 Å². The third kappa shape index (κ3) is 5.13. The second-order valence-electron chi connectivity index (χ2n) is 4.61. The van der Waals surface area contributed by atoms with Gasteiger partial charge in [0.1, 0.15) is 5.75 Å². The minimum Gasteiger partial charge on any atom is -0.481 e. The van der Waals surface area contributed by atoms with E-state index >= 15 is 0 Å². The van der Waals surface area contributed by atoms with Crippen LogP contribution < -0.4 is 15.8 Å². The zero-order chi connectivity index (χ0) is 15.2. The van der Waals surface area contributed by atoms with Gasteiger partial charge in [0.05, 0.1) is 13.1 Å². The van der Waals surface area contributed by atoms with Crippen molar-refractivity contribution in [2.24, 2.45) is 5.73 Å². The molecule has 0 saturated carbocycles. The molecule has 0 bridgehead atoms. The van der Waals surface area contributed by atoms with Crippen molar-refractivity contribution >= 4 is 5.91 Å². The molecular formula is C14H20F2N2O2. The van der Waals surface area contributed by atoms with Gasteiger partial charge in [-0.25, -0.2) is 8.78 Å². The summed E-state index contributed by atoms with van der Waals surface area (Å²) in [7, 11) is 0. The lowest BCUT2D eigenvalue weighted by atomic mass is 10.2. The van der Waals surface area contributed by atoms with Crippen LogP contribution in [0.3, 0.4) is 0 Å². The summed E-state index contributed by atoms with van der Waals surface area (Å²) in [6, 6.07) is 7.20. The molecule has 1 unspecified atom stereocenters. The number of nitrogens with one attached hydrogen (secondary N) is 1. The summed E-state index contributed by atoms with van der Waals surface area (Å²) >= 11 is 0. The SMILES string of the molecule is CCC(Oc1cccc(C)c1)C(=O)NCC(F)(F)CN. The number of benzene rings is 1. The first kappa shape index (κ1) is 16.4. The minimum atomic E-state index is -3.10. The van der Waals surface area contributed by atoms with E-state index < -0.39 is 31.0 Å². The van der Waals surface area contributed by atoms with E-state index in [1.54, 1.807) is 25.1 Å². The Bertz CT molecular complexity index is 453. The highest BCUT2D eigenvalue weighted by Gasteiger charge is 2.29. The molecule has 0 radical (unpaired) electrons. The van der Waals surface area contributed by atoms with E-state index in [4.69, 9.17) is 10.5 Å². The number of hydrogen-bond acceptors (Lipinski definition) is 3. The predicted octanol–water partition coefficient (Wildman–Crippen LogP) is 1.86. The monoisotopic (exact) mass is 286 g/mol. The van der Waals surface area contributed by atoms with Crippen molar-refractivity contribution < 1.29 is 18.3 Å². The maximum Gasteiger partial charge on any atom is 0.277 e. The molecule has 0 fully saturated rings. The molecule has 112 valence electrons. The number of alkyl halides is 2. The van der Waals surface area contributed by atoms with Crippen molar-refractivity contribution in [2.45, 2.75) is 32.3 Å². The van der Waals surface area contributed by atoms with Crippen LogP contribution in [-0.4, -0.2) is 31.0 Å². The van der Waals surface area contributed by atoms with Gasteiger partial charge in [0, 0.05) is 0 Å². The van der Waals surface area contributed by atoms with E-state index in [1.807, 2.05) is 13.0 Å². The summed E-state index contributed by atoms with van der Waals surface area (Å²) in [4.78, 5) is 11.8. The number of carbonyl (C=O) groups is 1. The number of hydrogen-bond donors (Lipinski definition) is 2. The second-order valence-corrected chi connectivity index (χ2v) is 4.61. The van der Waals surface area contributed by atoms with Gasteiger partial charge in [0.25, 0.3) is 11.8 Å². The number of amides is 1. The van der Waals surface area contributed by atoms with Gasteiger partial charge in [-0.2, -0.15) is 0 Å². The minimum absolute atomic E-state index is 0.383. The standard InChI is InChI=1S/C14H20F2N2O2/c1-3-12(13(19)18-9-14(15,16)8-17)20-11-6-4-5-10(2)7-11/h4-7,12H,3,8-9,17H2,1-2H3,(H,18,19). The molecule has 0 aliphatic rings. The van der Waals surface area contributed by atoms with E-state index in [9.17, 15) is 13.6 Å². The van der Waals surface area contributed by atoms with Crippen LogP contribution in [0.2, 0.25) is 0 Å². The molecule has 0 aliphatic heterocycles. The zero-order valence-electron chi connectivity index (χ0n) is 11.7. The largest absolute Gasteiger partial charge is 0.481 e. The molecule has 1 rings (SSSR count). The molecule has 1 aromatic rings. The van der Waals surface area contributed by atoms with Gasteiger partial charge in [-0.05, 0) is 31.0 Å². The van der Waals surface area contributed by atoms with E-state index in [-0.39, 0.29) is 0 Å². The first-order chi connectivity index (χ1) is 9.38. The maximum atomic E-state index is 13.0. The Kier molecular flexibility index (Phi) is 5.88. The van der Waals surface area contributed by atoms with E-state index in [0.29, 0.717) is 12.2 Å². The van der Waals surface area contributed by atoms with Gasteiger partial charge in [-0.1, -0.05) is 19.1 Å². The molecule has 0 aliphatic carbocycles. The molecule has 1 amide bonds. The molecule has 4 nitrogen and oxygen atoms in total. The number of aryl methyl sites for hydroxylation is 1. The van der Waals surface area contributed by atoms with Crippen molar-refractivity contribution in [1.29, 1.82) is 0 Å². The van der Waals surface area contributed by atoms with Gasteiger partial charge in [-0.15, -0.1) is 0 Å². The van der Waals surface area contributed by atoms with Crippen LogP contribution in [0.4, 0.5) is 8.78 Å². The van der Waals surface area contributed by atoms with Gasteiger partial charge in [-0.3, -0.25) is 4.79 Å². The first-order valence-corrected chi connectivity index (χ1v) is 6.47. The zero-order valence-corrected chi connectivity index (χ0v) is 11.7. The Balaban J connectivity index is 2.59. The highest BCUT2D eigenvalue weighted by molar-refractivity contribution is 5.81. The Morgan fingerprint density at radius 2 is 2.20 bits per heavy atom. The highest BCUT2D eigenvalue weighted by atomic mass is 19.3. The molecule has 0 heterocycles. The van der Waals surface area contributed by atoms with Gasteiger partial charge < -0.3 is 15.8 Å². The number of rotatable bonds is 7. The average Bonchev–Trinajstić information content (AvgIpc) is 2.42. The maximum absolute atomic E-state index is 13.0. The lowest BCUT2D eigenvalue weighted by Gasteiger charge is -2.20. The number of ether oxygens (including phenoxy) is 1. The molecule has 3 N–H and O–H groups in total. The second kappa shape index (κ2) is 7.19. The Labute approximate surface area is 117 Å². The van der Waals surface area contributed by atoms with Crippen molar-refractivity contribution in [3.63, 3.8) is 0 Å². The molecule has 1 aromatic carbocycles. The Hall–Kier alpha value is -1.69. The van der Waals surface area contributed by atoms with Crippen molar-refractivity contribution in [3.05, 3.63) is 29.8 Å². The van der Waals surface area contributed by atoms with E-state index in [0.717, 1.165) is 5.56 Å². The normalized spacial score (nSPS) is 12.8. The first-order valence-electron chi connectivity index (χ1n) is 6.47. The highest BCUT2D eigenvalue weighted by Crippen LogP contribution is 2.16. The van der Waals surface area contributed by atoms with Gasteiger partial charge in [0.15, 0.2) is 6.10 Å². The average molecular weight is 286 g/mol. The summed E-state index contributed by atoms with van der Waals surface area (Å²) < 4.78 is 31.5. The smallest absolute Gasteiger partial charge is 0.277 e. The predicted molar refractivity (Wildman–Crippen MR) is 72.9 cm³/mol. The van der Waals surface area contributed by atoms with Crippen LogP contribution in [-0.2, 0) is 4.79 Å². The lowest BCUT2D eigenvalue weighted by molar-refractivity contribution is -0.129. The summed E-state index contributed by atoms with van der Waals surface area (Å²) in [5.41, 5.74) is 5.90. The molecule has 6 heteroatoms. The molecule has 0 spiro atoms. The van der Waals surface area contributed by atoms with Crippen LogP contribution in [0.1, 0.15) is 18.9 Å². The fourth-order valence-electron chi connectivity index (χ4n) is 1.58. The number of nitrogens with two attached hydrogens (primary N) is 1. The van der Waals surface area contributed by atoms with Gasteiger partial charge >= 0.3 is 0 Å². The van der Waals surface area contributed by atoms with Gasteiger partial charge in [0.2, 0.25) is 0 Å². The van der Waals surface area contributed by atoms with Crippen LogP contribution in [0, 0.1) is 6.92 Å². The van der Waals surface area contributed by atoms with Crippen molar-refractivity contribution in [2.75, 3.05) is 13.1 Å². The molecule has 20 heavy (non-hydrogen) atoms. The quantitative estimate of drug-likeness (QED) is 0.804. The lowest BCUT2D eigenvalue weighted by Crippen LogP contribution is -2.46. The molecular weight excluding hydrogens is 266 g/mol. The summed E-state index contributed by atoms with van der Waals surface area (Å²) in [6.07, 6.45) is -0.418. The number of halogens is 2. The Morgan fingerprint density at radius 1 is 1.50 bits per heavy atom. The summed E-state index contributed by atoms with van der Waals surface area (Å²) in [5, 5.41) is 2.17. The van der Waals surface area contributed by atoms with E-state index in [2.05, 4.69) is 5.32 Å². The molecule has 0 aromatic heterocycles. The summed E-state index contributed by atoms with van der Waals surface area (Å²) in [5.74, 6) is -3.13. The van der Waals surface area contributed by atoms with Crippen molar-refractivity contribution in [1.82, 2.24) is 5.32 Å². The van der Waals surface area contributed by atoms with Crippen LogP contribution in [0.15, 0.2) is 24.3 Å². The van der Waals surface area contributed by atoms with Crippen LogP contribution in [0.5, 0.6) is 5.75 Å². The Morgan fingerprint density at radius 3 is 2.75 bits per heavy atom. The van der Waals surface area contributed by atoms with Crippen LogP contribution >= 0.6 is 0 Å². The summed E-state index contributed by atoms with van der Waals surface area (Å²) in [6.45, 7) is 2.07. The third-order valence-corrected chi connectivity index (χ3v) is 2.75. The fourth-order valence-corrected chi connectivity index (χ4v) is 1.58. The molecule has 0 saturated heterocycles. The fraction of sp³-hybridized carbons (Fsp3) is 0.500. The van der Waals surface area contributed by atoms with Crippen LogP contribution in [0.25, 0.3) is 0 Å². The van der Waals surface area contributed by atoms with Crippen molar-refractivity contribution in [3.8, 4) is 5.75 Å². The topological polar surface area (TPSA) is 64.3 Å². The third-order valence-electron chi connectivity index (χ3n) is 2.75.